The molecule has 0 bridgehead atoms. The maximum absolute atomic E-state index is 14.8. The normalized spacial score (nSPS) is 14.9. The fourth-order valence-electron chi connectivity index (χ4n) is 4.45. The van der Waals surface area contributed by atoms with Gasteiger partial charge in [-0.25, -0.2) is 23.1 Å². The third kappa shape index (κ3) is 3.93. The summed E-state index contributed by atoms with van der Waals surface area (Å²) in [6.45, 7) is 4.37. The summed E-state index contributed by atoms with van der Waals surface area (Å²) < 4.78 is 42.7. The van der Waals surface area contributed by atoms with Crippen molar-refractivity contribution < 1.29 is 18.0 Å². The van der Waals surface area contributed by atoms with Gasteiger partial charge in [-0.05, 0) is 30.3 Å². The molecule has 4 aromatic rings. The van der Waals surface area contributed by atoms with E-state index in [4.69, 9.17) is 0 Å². The number of rotatable bonds is 6. The van der Waals surface area contributed by atoms with Gasteiger partial charge in [-0.15, -0.1) is 5.10 Å². The fourth-order valence-corrected chi connectivity index (χ4v) is 4.45. The molecule has 0 unspecified atom stereocenters. The van der Waals surface area contributed by atoms with Crippen molar-refractivity contribution >= 4 is 34.1 Å². The van der Waals surface area contributed by atoms with E-state index in [0.717, 1.165) is 6.07 Å². The summed E-state index contributed by atoms with van der Waals surface area (Å²) in [5, 5.41) is 15.8. The van der Waals surface area contributed by atoms with Crippen molar-refractivity contribution in [2.75, 3.05) is 37.4 Å². The Morgan fingerprint density at radius 3 is 2.58 bits per heavy atom. The molecular weight excluding hydrogens is 475 g/mol. The highest BCUT2D eigenvalue weighted by Gasteiger charge is 2.35. The molecule has 1 aliphatic heterocycles. The number of carbonyl (C=O) groups excluding carboxylic acids is 1. The number of benzene rings is 1. The molecule has 1 fully saturated rings. The number of amides is 1. The molecule has 13 heteroatoms. The maximum Gasteiger partial charge on any atom is 0.266 e. The Bertz CT molecular complexity index is 1470. The molecule has 10 nitrogen and oxygen atoms in total. The highest BCUT2D eigenvalue weighted by atomic mass is 19.3. The zero-order valence-electron chi connectivity index (χ0n) is 20.1. The third-order valence-electron chi connectivity index (χ3n) is 6.34. The first-order valence-electron chi connectivity index (χ1n) is 11.3. The number of anilines is 2. The van der Waals surface area contributed by atoms with E-state index in [1.54, 1.807) is 32.8 Å². The summed E-state index contributed by atoms with van der Waals surface area (Å²) in [6.07, 6.45) is -2.92. The molecule has 3 aromatic heterocycles. The quantitative estimate of drug-likeness (QED) is 0.432. The van der Waals surface area contributed by atoms with E-state index in [2.05, 4.69) is 30.8 Å². The van der Waals surface area contributed by atoms with E-state index < -0.39 is 23.8 Å². The van der Waals surface area contributed by atoms with Crippen LogP contribution >= 0.6 is 0 Å². The van der Waals surface area contributed by atoms with Crippen molar-refractivity contribution in [2.24, 2.45) is 5.92 Å². The minimum atomic E-state index is -2.92. The first-order chi connectivity index (χ1) is 17.2. The van der Waals surface area contributed by atoms with Crippen LogP contribution in [-0.2, 0) is 4.79 Å². The number of carbonyl (C=O) groups is 1. The highest BCUT2D eigenvalue weighted by Crippen LogP contribution is 2.35. The summed E-state index contributed by atoms with van der Waals surface area (Å²) in [5.41, 5.74) is 1.05. The minimum absolute atomic E-state index is 0.0471. The topological polar surface area (TPSA) is 104 Å². The molecule has 36 heavy (non-hydrogen) atoms. The number of hydrogen-bond donors (Lipinski definition) is 1. The number of nitrogens with zero attached hydrogens (tertiary/aromatic N) is 8. The van der Waals surface area contributed by atoms with E-state index in [1.165, 1.54) is 16.6 Å². The van der Waals surface area contributed by atoms with Gasteiger partial charge in [-0.2, -0.15) is 4.52 Å². The Balaban J connectivity index is 1.55. The van der Waals surface area contributed by atoms with Gasteiger partial charge in [0.05, 0.1) is 28.6 Å². The number of tetrazole rings is 1. The summed E-state index contributed by atoms with van der Waals surface area (Å²) >= 11 is 0. The molecule has 4 heterocycles. The third-order valence-corrected chi connectivity index (χ3v) is 6.34. The lowest BCUT2D eigenvalue weighted by Gasteiger charge is -2.40. The number of fused-ring (bicyclic) bond motifs is 3. The van der Waals surface area contributed by atoms with Gasteiger partial charge < -0.3 is 15.1 Å². The van der Waals surface area contributed by atoms with E-state index in [1.807, 2.05) is 11.0 Å². The predicted octanol–water partition coefficient (Wildman–Crippen LogP) is 3.15. The molecule has 1 aromatic carbocycles. The molecule has 1 saturated heterocycles. The molecule has 0 saturated carbocycles. The molecule has 1 aliphatic rings. The Kier molecular flexibility index (Phi) is 5.85. The molecule has 0 aliphatic carbocycles. The van der Waals surface area contributed by atoms with Crippen LogP contribution in [0.5, 0.6) is 0 Å². The fraction of sp³-hybridized carbons (Fsp3) is 0.391. The first-order valence-corrected chi connectivity index (χ1v) is 11.3. The lowest BCUT2D eigenvalue weighted by atomic mass is 9.97. The van der Waals surface area contributed by atoms with Crippen LogP contribution in [0, 0.1) is 18.7 Å². The second-order valence-electron chi connectivity index (χ2n) is 9.05. The van der Waals surface area contributed by atoms with E-state index >= 15 is 0 Å². The van der Waals surface area contributed by atoms with Gasteiger partial charge in [0.25, 0.3) is 6.43 Å². The maximum atomic E-state index is 14.8. The second-order valence-corrected chi connectivity index (χ2v) is 9.05. The van der Waals surface area contributed by atoms with Crippen LogP contribution in [0.3, 0.4) is 0 Å². The predicted molar refractivity (Wildman–Crippen MR) is 126 cm³/mol. The summed E-state index contributed by atoms with van der Waals surface area (Å²) in [4.78, 5) is 24.9. The molecule has 0 radical (unpaired) electrons. The zero-order valence-corrected chi connectivity index (χ0v) is 20.1. The van der Waals surface area contributed by atoms with Crippen LogP contribution in [0.4, 0.5) is 24.7 Å². The number of alkyl halides is 2. The number of halogens is 3. The number of aryl methyl sites for hydroxylation is 1. The summed E-state index contributed by atoms with van der Waals surface area (Å²) in [5.74, 6) is -0.242. The summed E-state index contributed by atoms with van der Waals surface area (Å²) in [7, 11) is 3.45. The molecule has 1 N–H and O–H groups in total. The standard InChI is InChI=1S/C23H24F3N9O/c1-11(14-6-5-7-15(18(14)24)19(25)26)27-20-16-8-17(34-9-13(10-34)23(36)33(3)4)22-30-31-32-35(22)21(16)29-12(2)28-20/h5-8,11,13,19H,9-10H2,1-4H3,(H,27,28,29)/t11-/m1/s1. The van der Waals surface area contributed by atoms with Gasteiger partial charge in [0.2, 0.25) is 11.6 Å². The van der Waals surface area contributed by atoms with Crippen LogP contribution in [-0.4, -0.2) is 68.0 Å². The van der Waals surface area contributed by atoms with E-state index in [0.29, 0.717) is 47.1 Å². The van der Waals surface area contributed by atoms with Crippen molar-refractivity contribution in [2.45, 2.75) is 26.3 Å². The number of hydrogen-bond acceptors (Lipinski definition) is 8. The molecule has 5 rings (SSSR count). The molecule has 1 atom stereocenters. The van der Waals surface area contributed by atoms with Crippen molar-refractivity contribution in [1.29, 1.82) is 0 Å². The first kappa shape index (κ1) is 23.7. The van der Waals surface area contributed by atoms with Crippen molar-refractivity contribution in [3.8, 4) is 0 Å². The monoisotopic (exact) mass is 499 g/mol. The lowest BCUT2D eigenvalue weighted by Crippen LogP contribution is -2.53. The van der Waals surface area contributed by atoms with Gasteiger partial charge >= 0.3 is 0 Å². The SMILES string of the molecule is Cc1nc(N[C@H](C)c2cccc(C(F)F)c2F)c2cc(N3CC(C(=O)N(C)C)C3)c3nnnn3c2n1. The average molecular weight is 500 g/mol. The van der Waals surface area contributed by atoms with Crippen LogP contribution in [0.25, 0.3) is 16.7 Å². The number of pyridine rings is 1. The summed E-state index contributed by atoms with van der Waals surface area (Å²) in [6, 6.07) is 5.09. The van der Waals surface area contributed by atoms with Gasteiger partial charge in [-0.3, -0.25) is 4.79 Å². The Labute approximate surface area is 204 Å². The van der Waals surface area contributed by atoms with Crippen molar-refractivity contribution in [1.82, 2.24) is 34.9 Å². The van der Waals surface area contributed by atoms with Crippen molar-refractivity contribution in [3.63, 3.8) is 0 Å². The molecular formula is C23H24F3N9O. The van der Waals surface area contributed by atoms with Gasteiger partial charge in [-0.1, -0.05) is 18.2 Å². The van der Waals surface area contributed by atoms with Crippen LogP contribution in [0.15, 0.2) is 24.3 Å². The number of nitrogens with one attached hydrogen (secondary N) is 1. The Hall–Kier alpha value is -4.03. The molecule has 0 spiro atoms. The Morgan fingerprint density at radius 1 is 1.17 bits per heavy atom. The van der Waals surface area contributed by atoms with Crippen molar-refractivity contribution in [3.05, 3.63) is 47.0 Å². The van der Waals surface area contributed by atoms with Crippen LogP contribution in [0.2, 0.25) is 0 Å². The number of aromatic nitrogens is 6. The van der Waals surface area contributed by atoms with E-state index in [-0.39, 0.29) is 17.4 Å². The smallest absolute Gasteiger partial charge is 0.266 e. The lowest BCUT2D eigenvalue weighted by molar-refractivity contribution is -0.133. The second kappa shape index (κ2) is 8.88. The Morgan fingerprint density at radius 2 is 1.89 bits per heavy atom. The van der Waals surface area contributed by atoms with Gasteiger partial charge in [0.15, 0.2) is 5.65 Å². The molecule has 188 valence electrons. The minimum Gasteiger partial charge on any atom is -0.367 e. The van der Waals surface area contributed by atoms with Crippen LogP contribution in [0.1, 0.15) is 36.3 Å². The van der Waals surface area contributed by atoms with Gasteiger partial charge in [0, 0.05) is 32.7 Å². The average Bonchev–Trinajstić information content (AvgIpc) is 3.28. The highest BCUT2D eigenvalue weighted by molar-refractivity contribution is 5.94. The van der Waals surface area contributed by atoms with E-state index in [9.17, 15) is 18.0 Å². The largest absolute Gasteiger partial charge is 0.367 e. The molecule has 1 amide bonds. The van der Waals surface area contributed by atoms with Crippen LogP contribution < -0.4 is 10.2 Å². The van der Waals surface area contributed by atoms with Gasteiger partial charge in [0.1, 0.15) is 17.5 Å². The zero-order chi connectivity index (χ0) is 25.7.